The van der Waals surface area contributed by atoms with Crippen LogP contribution in [0.2, 0.25) is 18.1 Å². The minimum absolute atomic E-state index is 0.122. The van der Waals surface area contributed by atoms with Crippen molar-refractivity contribution in [3.8, 4) is 5.75 Å². The third kappa shape index (κ3) is 4.05. The summed E-state index contributed by atoms with van der Waals surface area (Å²) in [5, 5.41) is 19.8. The zero-order valence-corrected chi connectivity index (χ0v) is 14.1. The summed E-state index contributed by atoms with van der Waals surface area (Å²) in [5.41, 5.74) is 6.86. The number of benzene rings is 1. The average Bonchev–Trinajstić information content (AvgIpc) is 2.35. The summed E-state index contributed by atoms with van der Waals surface area (Å²) in [6.45, 7) is 11.4. The number of phenolic OH excluding ortho intramolecular Hbond substituents is 1. The van der Waals surface area contributed by atoms with Gasteiger partial charge < -0.3 is 20.4 Å². The summed E-state index contributed by atoms with van der Waals surface area (Å²) < 4.78 is 6.10. The first-order valence-electron chi connectivity index (χ1n) is 6.92. The largest absolute Gasteiger partial charge is 0.508 e. The Labute approximate surface area is 122 Å². The molecule has 5 heteroatoms. The van der Waals surface area contributed by atoms with E-state index in [-0.39, 0.29) is 17.3 Å². The van der Waals surface area contributed by atoms with Crippen LogP contribution >= 0.6 is 0 Å². The lowest BCUT2D eigenvalue weighted by molar-refractivity contribution is 0.186. The van der Waals surface area contributed by atoms with Crippen molar-refractivity contribution < 1.29 is 14.6 Å². The third-order valence-electron chi connectivity index (χ3n) is 4.11. The molecule has 4 N–H and O–H groups in total. The van der Waals surface area contributed by atoms with Crippen LogP contribution in [0.5, 0.6) is 5.75 Å². The van der Waals surface area contributed by atoms with Gasteiger partial charge in [0.2, 0.25) is 0 Å². The SMILES string of the molecule is CC(C)(C)[Si](C)(C)OCc1cc([C@@H](O)CN)ccc1O. The van der Waals surface area contributed by atoms with Gasteiger partial charge in [-0.25, -0.2) is 0 Å². The molecule has 1 aromatic rings. The van der Waals surface area contributed by atoms with Crippen LogP contribution in [0.1, 0.15) is 38.0 Å². The van der Waals surface area contributed by atoms with Crippen LogP contribution in [0.15, 0.2) is 18.2 Å². The van der Waals surface area contributed by atoms with Crippen molar-refractivity contribution in [3.63, 3.8) is 0 Å². The maximum atomic E-state index is 9.91. The number of hydrogen-bond donors (Lipinski definition) is 3. The van der Waals surface area contributed by atoms with Gasteiger partial charge in [-0.3, -0.25) is 0 Å². The van der Waals surface area contributed by atoms with Crippen LogP contribution in [-0.2, 0) is 11.0 Å². The highest BCUT2D eigenvalue weighted by molar-refractivity contribution is 6.74. The molecule has 0 aliphatic carbocycles. The van der Waals surface area contributed by atoms with E-state index in [2.05, 4.69) is 33.9 Å². The molecule has 1 rings (SSSR count). The maximum Gasteiger partial charge on any atom is 0.192 e. The molecule has 0 heterocycles. The summed E-state index contributed by atoms with van der Waals surface area (Å²) in [7, 11) is -1.86. The smallest absolute Gasteiger partial charge is 0.192 e. The van der Waals surface area contributed by atoms with E-state index in [0.717, 1.165) is 0 Å². The van der Waals surface area contributed by atoms with Gasteiger partial charge in [0.05, 0.1) is 12.7 Å². The molecule has 114 valence electrons. The van der Waals surface area contributed by atoms with Gasteiger partial charge in [0.15, 0.2) is 8.32 Å². The van der Waals surface area contributed by atoms with Gasteiger partial charge in [-0.05, 0) is 35.8 Å². The fourth-order valence-corrected chi connectivity index (χ4v) is 2.49. The van der Waals surface area contributed by atoms with Crippen molar-refractivity contribution in [2.45, 2.75) is 51.6 Å². The van der Waals surface area contributed by atoms with Crippen LogP contribution < -0.4 is 5.73 Å². The predicted molar refractivity (Wildman–Crippen MR) is 84.1 cm³/mol. The van der Waals surface area contributed by atoms with Gasteiger partial charge in [-0.2, -0.15) is 0 Å². The molecule has 0 fully saturated rings. The van der Waals surface area contributed by atoms with Crippen molar-refractivity contribution in [3.05, 3.63) is 29.3 Å². The van der Waals surface area contributed by atoms with Gasteiger partial charge in [-0.1, -0.05) is 26.8 Å². The monoisotopic (exact) mass is 297 g/mol. The number of phenols is 1. The minimum atomic E-state index is -1.86. The molecule has 0 bridgehead atoms. The van der Waals surface area contributed by atoms with Gasteiger partial charge in [0, 0.05) is 12.1 Å². The van der Waals surface area contributed by atoms with E-state index in [0.29, 0.717) is 17.7 Å². The Balaban J connectivity index is 2.88. The summed E-state index contributed by atoms with van der Waals surface area (Å²) in [4.78, 5) is 0. The number of hydrogen-bond acceptors (Lipinski definition) is 4. The molecule has 4 nitrogen and oxygen atoms in total. The molecular formula is C15H27NO3Si. The minimum Gasteiger partial charge on any atom is -0.508 e. The van der Waals surface area contributed by atoms with E-state index < -0.39 is 14.4 Å². The van der Waals surface area contributed by atoms with E-state index in [1.165, 1.54) is 0 Å². The Bertz CT molecular complexity index is 455. The van der Waals surface area contributed by atoms with Crippen LogP contribution in [-0.4, -0.2) is 25.1 Å². The second-order valence-corrected chi connectivity index (χ2v) is 11.5. The van der Waals surface area contributed by atoms with Crippen molar-refractivity contribution >= 4 is 8.32 Å². The summed E-state index contributed by atoms with van der Waals surface area (Å²) in [5.74, 6) is 0.191. The van der Waals surface area contributed by atoms with Gasteiger partial charge in [-0.15, -0.1) is 0 Å². The highest BCUT2D eigenvalue weighted by atomic mass is 28.4. The molecule has 0 amide bonds. The molecule has 0 saturated carbocycles. The van der Waals surface area contributed by atoms with Gasteiger partial charge in [0.25, 0.3) is 0 Å². The second kappa shape index (κ2) is 6.26. The molecule has 0 aliphatic heterocycles. The maximum absolute atomic E-state index is 9.91. The van der Waals surface area contributed by atoms with Gasteiger partial charge >= 0.3 is 0 Å². The summed E-state index contributed by atoms with van der Waals surface area (Å²) in [6.07, 6.45) is -0.706. The average molecular weight is 297 g/mol. The molecule has 1 atom stereocenters. The Hall–Kier alpha value is -0.883. The van der Waals surface area contributed by atoms with E-state index in [9.17, 15) is 10.2 Å². The molecule has 0 spiro atoms. The van der Waals surface area contributed by atoms with E-state index in [4.69, 9.17) is 10.2 Å². The molecular weight excluding hydrogens is 270 g/mol. The number of aliphatic hydroxyl groups excluding tert-OH is 1. The zero-order chi connectivity index (χ0) is 15.6. The Morgan fingerprint density at radius 2 is 1.90 bits per heavy atom. The second-order valence-electron chi connectivity index (χ2n) is 6.69. The topological polar surface area (TPSA) is 75.7 Å². The first-order chi connectivity index (χ1) is 9.08. The Morgan fingerprint density at radius 3 is 2.40 bits per heavy atom. The first-order valence-corrected chi connectivity index (χ1v) is 9.83. The standard InChI is InChI=1S/C15H27NO3Si/c1-15(2,3)20(4,5)19-10-12-8-11(14(18)9-16)6-7-13(12)17/h6-8,14,17-18H,9-10,16H2,1-5H3/t14-/m0/s1. The number of nitrogens with two attached hydrogens (primary N) is 1. The molecule has 0 saturated heterocycles. The van der Waals surface area contributed by atoms with Gasteiger partial charge in [0.1, 0.15) is 5.75 Å². The van der Waals surface area contributed by atoms with Crippen LogP contribution in [0.25, 0.3) is 0 Å². The summed E-state index contributed by atoms with van der Waals surface area (Å²) >= 11 is 0. The lowest BCUT2D eigenvalue weighted by Gasteiger charge is -2.36. The Morgan fingerprint density at radius 1 is 1.30 bits per heavy atom. The van der Waals surface area contributed by atoms with E-state index in [1.54, 1.807) is 18.2 Å². The van der Waals surface area contributed by atoms with Crippen molar-refractivity contribution in [1.82, 2.24) is 0 Å². The van der Waals surface area contributed by atoms with Crippen LogP contribution in [0, 0.1) is 0 Å². The highest BCUT2D eigenvalue weighted by Gasteiger charge is 2.37. The first kappa shape index (κ1) is 17.2. The van der Waals surface area contributed by atoms with Crippen molar-refractivity contribution in [2.75, 3.05) is 6.54 Å². The number of aliphatic hydroxyl groups is 1. The quantitative estimate of drug-likeness (QED) is 0.730. The van der Waals surface area contributed by atoms with E-state index >= 15 is 0 Å². The predicted octanol–water partition coefficient (Wildman–Crippen LogP) is 2.91. The van der Waals surface area contributed by atoms with Crippen LogP contribution in [0.3, 0.4) is 0 Å². The highest BCUT2D eigenvalue weighted by Crippen LogP contribution is 2.37. The van der Waals surface area contributed by atoms with Crippen LogP contribution in [0.4, 0.5) is 0 Å². The molecule has 0 unspecified atom stereocenters. The normalized spacial score (nSPS) is 14.3. The molecule has 1 aromatic carbocycles. The third-order valence-corrected chi connectivity index (χ3v) is 8.58. The lowest BCUT2D eigenvalue weighted by Crippen LogP contribution is -2.40. The molecule has 0 aromatic heterocycles. The zero-order valence-electron chi connectivity index (χ0n) is 13.1. The van der Waals surface area contributed by atoms with E-state index in [1.807, 2.05) is 0 Å². The fourth-order valence-electron chi connectivity index (χ4n) is 1.54. The lowest BCUT2D eigenvalue weighted by atomic mass is 10.1. The van der Waals surface area contributed by atoms with Crippen molar-refractivity contribution in [2.24, 2.45) is 5.73 Å². The molecule has 0 aliphatic rings. The summed E-state index contributed by atoms with van der Waals surface area (Å²) in [6, 6.07) is 5.03. The Kier molecular flexibility index (Phi) is 5.37. The number of aromatic hydroxyl groups is 1. The molecule has 0 radical (unpaired) electrons. The fraction of sp³-hybridized carbons (Fsp3) is 0.600. The molecule has 20 heavy (non-hydrogen) atoms. The van der Waals surface area contributed by atoms with Crippen molar-refractivity contribution in [1.29, 1.82) is 0 Å². The number of rotatable bonds is 5.